The summed E-state index contributed by atoms with van der Waals surface area (Å²) >= 11 is 0. The molecule has 7 heteroatoms. The molecule has 1 saturated heterocycles. The second-order valence-electron chi connectivity index (χ2n) is 5.80. The van der Waals surface area contributed by atoms with Crippen LogP contribution in [0.4, 0.5) is 0 Å². The molecule has 1 fully saturated rings. The summed E-state index contributed by atoms with van der Waals surface area (Å²) in [5, 5.41) is 10.9. The molecule has 3 rings (SSSR count). The number of carbonyl (C=O) groups is 4. The Morgan fingerprint density at radius 1 is 1.20 bits per heavy atom. The minimum absolute atomic E-state index is 0.0300. The van der Waals surface area contributed by atoms with Gasteiger partial charge >= 0.3 is 0 Å². The van der Waals surface area contributed by atoms with E-state index in [1.54, 1.807) is 12.1 Å². The number of rotatable bonds is 3. The standard InChI is InChI=1S/C18H16N2O5/c21-10-3-1-2-5-11-6-4-7-12-15(11)18(25)20(17(12)24)13-8-9-14(22)19-16(13)23/h4,6-7,13,21H,1,3,8-10H2,(H,19,22,23). The van der Waals surface area contributed by atoms with Crippen molar-refractivity contribution in [2.24, 2.45) is 0 Å². The maximum atomic E-state index is 12.8. The molecule has 0 saturated carbocycles. The van der Waals surface area contributed by atoms with Crippen LogP contribution < -0.4 is 5.32 Å². The third-order valence-corrected chi connectivity index (χ3v) is 4.15. The number of carbonyl (C=O) groups excluding carboxylic acids is 4. The van der Waals surface area contributed by atoms with Crippen molar-refractivity contribution in [2.75, 3.05) is 6.61 Å². The smallest absolute Gasteiger partial charge is 0.263 e. The van der Waals surface area contributed by atoms with Gasteiger partial charge in [0.15, 0.2) is 0 Å². The minimum atomic E-state index is -0.986. The lowest BCUT2D eigenvalue weighted by atomic mass is 10.0. The fourth-order valence-corrected chi connectivity index (χ4v) is 2.94. The Balaban J connectivity index is 1.92. The second kappa shape index (κ2) is 6.87. The van der Waals surface area contributed by atoms with Crippen molar-refractivity contribution in [3.8, 4) is 11.8 Å². The first kappa shape index (κ1) is 16.9. The number of aliphatic hydroxyl groups is 1. The Bertz CT molecular complexity index is 834. The van der Waals surface area contributed by atoms with Gasteiger partial charge in [-0.1, -0.05) is 17.9 Å². The summed E-state index contributed by atoms with van der Waals surface area (Å²) in [6.07, 6.45) is 1.20. The molecular formula is C18H16N2O5. The highest BCUT2D eigenvalue weighted by Gasteiger charge is 2.45. The van der Waals surface area contributed by atoms with Crippen molar-refractivity contribution in [1.82, 2.24) is 10.2 Å². The summed E-state index contributed by atoms with van der Waals surface area (Å²) in [6.45, 7) is 0.0300. The first-order chi connectivity index (χ1) is 12.0. The van der Waals surface area contributed by atoms with Gasteiger partial charge in [-0.25, -0.2) is 0 Å². The normalized spacial score (nSPS) is 19.4. The van der Waals surface area contributed by atoms with Gasteiger partial charge in [-0.2, -0.15) is 0 Å². The van der Waals surface area contributed by atoms with Gasteiger partial charge in [-0.15, -0.1) is 0 Å². The molecule has 128 valence electrons. The molecule has 0 spiro atoms. The fourth-order valence-electron chi connectivity index (χ4n) is 2.94. The average Bonchev–Trinajstić information content (AvgIpc) is 2.84. The largest absolute Gasteiger partial charge is 0.396 e. The number of nitrogens with one attached hydrogen (secondary N) is 1. The van der Waals surface area contributed by atoms with Crippen LogP contribution in [0.25, 0.3) is 0 Å². The number of hydrogen-bond donors (Lipinski definition) is 2. The molecule has 0 aromatic heterocycles. The first-order valence-corrected chi connectivity index (χ1v) is 7.99. The molecule has 1 aromatic carbocycles. The number of amides is 4. The summed E-state index contributed by atoms with van der Waals surface area (Å²) in [6, 6.07) is 3.82. The van der Waals surface area contributed by atoms with Crippen LogP contribution in [0.2, 0.25) is 0 Å². The van der Waals surface area contributed by atoms with E-state index < -0.39 is 29.7 Å². The molecule has 2 N–H and O–H groups in total. The zero-order valence-corrected chi connectivity index (χ0v) is 13.4. The molecule has 2 heterocycles. The molecule has 0 aliphatic carbocycles. The quantitative estimate of drug-likeness (QED) is 0.465. The van der Waals surface area contributed by atoms with Gasteiger partial charge in [0, 0.05) is 25.0 Å². The van der Waals surface area contributed by atoms with Crippen molar-refractivity contribution in [1.29, 1.82) is 0 Å². The van der Waals surface area contributed by atoms with Gasteiger partial charge in [-0.3, -0.25) is 29.4 Å². The number of piperidine rings is 1. The van der Waals surface area contributed by atoms with Crippen LogP contribution in [0.3, 0.4) is 0 Å². The van der Waals surface area contributed by atoms with Gasteiger partial charge in [0.05, 0.1) is 11.1 Å². The number of imide groups is 2. The van der Waals surface area contributed by atoms with E-state index in [9.17, 15) is 19.2 Å². The molecule has 1 unspecified atom stereocenters. The lowest BCUT2D eigenvalue weighted by molar-refractivity contribution is -0.136. The summed E-state index contributed by atoms with van der Waals surface area (Å²) < 4.78 is 0. The number of unbranched alkanes of at least 4 members (excludes halogenated alkanes) is 1. The molecule has 7 nitrogen and oxygen atoms in total. The SMILES string of the molecule is O=C1CCC(N2C(=O)c3cccc(C#CCCCO)c3C2=O)C(=O)N1. The molecule has 0 bridgehead atoms. The van der Waals surface area contributed by atoms with Crippen LogP contribution in [0.15, 0.2) is 18.2 Å². The van der Waals surface area contributed by atoms with E-state index in [0.29, 0.717) is 18.4 Å². The van der Waals surface area contributed by atoms with Crippen LogP contribution in [-0.2, 0) is 9.59 Å². The summed E-state index contributed by atoms with van der Waals surface area (Å²) in [7, 11) is 0. The van der Waals surface area contributed by atoms with Gasteiger partial charge < -0.3 is 5.11 Å². The molecular weight excluding hydrogens is 324 g/mol. The van der Waals surface area contributed by atoms with E-state index in [4.69, 9.17) is 5.11 Å². The zero-order chi connectivity index (χ0) is 18.0. The molecule has 25 heavy (non-hydrogen) atoms. The van der Waals surface area contributed by atoms with Gasteiger partial charge in [-0.05, 0) is 25.0 Å². The Morgan fingerprint density at radius 2 is 2.00 bits per heavy atom. The van der Waals surface area contributed by atoms with Gasteiger partial charge in [0.2, 0.25) is 11.8 Å². The Labute approximate surface area is 144 Å². The Kier molecular flexibility index (Phi) is 4.63. The number of aliphatic hydroxyl groups excluding tert-OH is 1. The monoisotopic (exact) mass is 340 g/mol. The van der Waals surface area contributed by atoms with E-state index in [0.717, 1.165) is 4.90 Å². The zero-order valence-electron chi connectivity index (χ0n) is 13.4. The van der Waals surface area contributed by atoms with E-state index in [-0.39, 0.29) is 30.6 Å². The van der Waals surface area contributed by atoms with Crippen molar-refractivity contribution >= 4 is 23.6 Å². The van der Waals surface area contributed by atoms with Crippen LogP contribution in [0.5, 0.6) is 0 Å². The average molecular weight is 340 g/mol. The summed E-state index contributed by atoms with van der Waals surface area (Å²) in [5.74, 6) is 3.56. The van der Waals surface area contributed by atoms with Crippen LogP contribution in [-0.4, -0.2) is 46.3 Å². The van der Waals surface area contributed by atoms with Crippen LogP contribution in [0.1, 0.15) is 52.0 Å². The molecule has 1 atom stereocenters. The van der Waals surface area contributed by atoms with E-state index in [1.165, 1.54) is 6.07 Å². The third kappa shape index (κ3) is 3.04. The van der Waals surface area contributed by atoms with Crippen LogP contribution >= 0.6 is 0 Å². The number of fused-ring (bicyclic) bond motifs is 1. The predicted molar refractivity (Wildman–Crippen MR) is 86.3 cm³/mol. The highest BCUT2D eigenvalue weighted by molar-refractivity contribution is 6.24. The maximum absolute atomic E-state index is 12.8. The summed E-state index contributed by atoms with van der Waals surface area (Å²) in [5.41, 5.74) is 0.820. The predicted octanol–water partition coefficient (Wildman–Crippen LogP) is 0.212. The van der Waals surface area contributed by atoms with Crippen molar-refractivity contribution < 1.29 is 24.3 Å². The number of hydrogen-bond acceptors (Lipinski definition) is 5. The Morgan fingerprint density at radius 3 is 2.72 bits per heavy atom. The lowest BCUT2D eigenvalue weighted by Gasteiger charge is -2.27. The highest BCUT2D eigenvalue weighted by Crippen LogP contribution is 2.29. The van der Waals surface area contributed by atoms with Gasteiger partial charge in [0.1, 0.15) is 6.04 Å². The second-order valence-corrected chi connectivity index (χ2v) is 5.80. The molecule has 1 aromatic rings. The van der Waals surface area contributed by atoms with Crippen LogP contribution in [0, 0.1) is 11.8 Å². The molecule has 2 aliphatic heterocycles. The van der Waals surface area contributed by atoms with Crippen molar-refractivity contribution in [3.05, 3.63) is 34.9 Å². The fraction of sp³-hybridized carbons (Fsp3) is 0.333. The first-order valence-electron chi connectivity index (χ1n) is 7.99. The van der Waals surface area contributed by atoms with Crippen molar-refractivity contribution in [2.45, 2.75) is 31.7 Å². The van der Waals surface area contributed by atoms with E-state index >= 15 is 0 Å². The van der Waals surface area contributed by atoms with Crippen molar-refractivity contribution in [3.63, 3.8) is 0 Å². The molecule has 2 aliphatic rings. The topological polar surface area (TPSA) is 104 Å². The Hall–Kier alpha value is -2.98. The van der Waals surface area contributed by atoms with E-state index in [2.05, 4.69) is 17.2 Å². The third-order valence-electron chi connectivity index (χ3n) is 4.15. The minimum Gasteiger partial charge on any atom is -0.396 e. The number of nitrogens with zero attached hydrogens (tertiary/aromatic N) is 1. The van der Waals surface area contributed by atoms with E-state index in [1.807, 2.05) is 0 Å². The van der Waals surface area contributed by atoms with Gasteiger partial charge in [0.25, 0.3) is 11.8 Å². The molecule has 4 amide bonds. The highest BCUT2D eigenvalue weighted by atomic mass is 16.3. The lowest BCUT2D eigenvalue weighted by Crippen LogP contribution is -2.54. The molecule has 0 radical (unpaired) electrons. The summed E-state index contributed by atoms with van der Waals surface area (Å²) in [4.78, 5) is 49.6. The maximum Gasteiger partial charge on any atom is 0.263 e. The number of benzene rings is 1.